The van der Waals surface area contributed by atoms with Crippen molar-refractivity contribution in [3.63, 3.8) is 0 Å². The van der Waals surface area contributed by atoms with E-state index in [0.29, 0.717) is 6.61 Å². The standard InChI is InChI=1S/C6H11ClO/c1-2-3-4-5-8-6-7/h3-4H,2,5-6H2,1H3/b4-3-. The van der Waals surface area contributed by atoms with Crippen LogP contribution in [0.15, 0.2) is 12.2 Å². The van der Waals surface area contributed by atoms with E-state index in [9.17, 15) is 0 Å². The van der Waals surface area contributed by atoms with Gasteiger partial charge in [-0.05, 0) is 6.42 Å². The highest BCUT2D eigenvalue weighted by Crippen LogP contribution is 1.82. The van der Waals surface area contributed by atoms with E-state index in [0.717, 1.165) is 6.42 Å². The van der Waals surface area contributed by atoms with Crippen molar-refractivity contribution >= 4 is 11.6 Å². The molecule has 48 valence electrons. The van der Waals surface area contributed by atoms with Gasteiger partial charge in [-0.1, -0.05) is 30.7 Å². The van der Waals surface area contributed by atoms with Crippen LogP contribution >= 0.6 is 11.6 Å². The molecule has 0 N–H and O–H groups in total. The first-order valence-corrected chi connectivity index (χ1v) is 3.24. The second-order valence-electron chi connectivity index (χ2n) is 1.36. The van der Waals surface area contributed by atoms with Crippen molar-refractivity contribution in [2.45, 2.75) is 13.3 Å². The predicted octanol–water partition coefficient (Wildman–Crippen LogP) is 2.17. The molecule has 0 aromatic heterocycles. The van der Waals surface area contributed by atoms with Crippen LogP contribution in [0.25, 0.3) is 0 Å². The van der Waals surface area contributed by atoms with Crippen molar-refractivity contribution < 1.29 is 4.74 Å². The Balaban J connectivity index is 2.80. The Morgan fingerprint density at radius 2 is 2.25 bits per heavy atom. The maximum Gasteiger partial charge on any atom is 0.121 e. The molecule has 0 atom stereocenters. The smallest absolute Gasteiger partial charge is 0.121 e. The number of hydrogen-bond acceptors (Lipinski definition) is 1. The molecule has 0 aromatic carbocycles. The summed E-state index contributed by atoms with van der Waals surface area (Å²) in [5.74, 6) is 0. The van der Waals surface area contributed by atoms with Crippen LogP contribution < -0.4 is 0 Å². The molecule has 0 aliphatic carbocycles. The van der Waals surface area contributed by atoms with E-state index in [1.165, 1.54) is 0 Å². The topological polar surface area (TPSA) is 9.23 Å². The lowest BCUT2D eigenvalue weighted by molar-refractivity contribution is 0.212. The molecule has 0 unspecified atom stereocenters. The van der Waals surface area contributed by atoms with E-state index >= 15 is 0 Å². The van der Waals surface area contributed by atoms with E-state index in [2.05, 4.69) is 6.92 Å². The maximum absolute atomic E-state index is 5.22. The molecule has 0 bridgehead atoms. The Morgan fingerprint density at radius 3 is 2.75 bits per heavy atom. The lowest BCUT2D eigenvalue weighted by Gasteiger charge is -1.88. The minimum Gasteiger partial charge on any atom is -0.362 e. The highest BCUT2D eigenvalue weighted by atomic mass is 35.5. The third kappa shape index (κ3) is 5.99. The van der Waals surface area contributed by atoms with E-state index in [1.54, 1.807) is 0 Å². The molecule has 0 heterocycles. The molecule has 1 nitrogen and oxygen atoms in total. The zero-order chi connectivity index (χ0) is 6.24. The van der Waals surface area contributed by atoms with Crippen molar-refractivity contribution in [3.8, 4) is 0 Å². The largest absolute Gasteiger partial charge is 0.362 e. The number of ether oxygens (including phenoxy) is 1. The summed E-state index contributed by atoms with van der Waals surface area (Å²) in [5, 5.41) is 0. The zero-order valence-electron chi connectivity index (χ0n) is 5.06. The number of rotatable bonds is 4. The lowest BCUT2D eigenvalue weighted by Crippen LogP contribution is -1.84. The summed E-state index contributed by atoms with van der Waals surface area (Å²) >= 11 is 5.22. The average Bonchev–Trinajstić information content (AvgIpc) is 1.81. The third-order valence-corrected chi connectivity index (χ3v) is 0.848. The van der Waals surface area contributed by atoms with Gasteiger partial charge in [-0.25, -0.2) is 0 Å². The average molecular weight is 135 g/mol. The Morgan fingerprint density at radius 1 is 1.50 bits per heavy atom. The molecule has 0 spiro atoms. The van der Waals surface area contributed by atoms with Crippen LogP contribution in [0.2, 0.25) is 0 Å². The lowest BCUT2D eigenvalue weighted by atomic mass is 10.4. The second kappa shape index (κ2) is 6.99. The van der Waals surface area contributed by atoms with Crippen molar-refractivity contribution in [1.29, 1.82) is 0 Å². The van der Waals surface area contributed by atoms with Gasteiger partial charge in [0.05, 0.1) is 6.61 Å². The van der Waals surface area contributed by atoms with Gasteiger partial charge in [0, 0.05) is 0 Å². The quantitative estimate of drug-likeness (QED) is 0.325. The minimum atomic E-state index is 0.286. The fraction of sp³-hybridized carbons (Fsp3) is 0.667. The highest BCUT2D eigenvalue weighted by Gasteiger charge is 1.73. The van der Waals surface area contributed by atoms with Gasteiger partial charge in [-0.15, -0.1) is 0 Å². The molecule has 0 rings (SSSR count). The summed E-state index contributed by atoms with van der Waals surface area (Å²) in [6, 6.07) is 0.286. The Bertz CT molecular complexity index is 61.5. The second-order valence-corrected chi connectivity index (χ2v) is 1.58. The zero-order valence-corrected chi connectivity index (χ0v) is 5.82. The first kappa shape index (κ1) is 7.99. The van der Waals surface area contributed by atoms with Gasteiger partial charge in [0.25, 0.3) is 0 Å². The number of halogens is 1. The van der Waals surface area contributed by atoms with Gasteiger partial charge < -0.3 is 4.74 Å². The van der Waals surface area contributed by atoms with Crippen LogP contribution in [0.1, 0.15) is 13.3 Å². The number of allylic oxidation sites excluding steroid dienone is 1. The van der Waals surface area contributed by atoms with E-state index < -0.39 is 0 Å². The van der Waals surface area contributed by atoms with Crippen LogP contribution in [0.5, 0.6) is 0 Å². The molecular weight excluding hydrogens is 124 g/mol. The molecule has 0 aromatic rings. The highest BCUT2D eigenvalue weighted by molar-refractivity contribution is 6.17. The molecule has 0 fully saturated rings. The maximum atomic E-state index is 5.22. The Kier molecular flexibility index (Phi) is 6.98. The Hall–Kier alpha value is -0.0100. The first-order valence-electron chi connectivity index (χ1n) is 2.70. The van der Waals surface area contributed by atoms with Crippen LogP contribution in [-0.2, 0) is 4.74 Å². The van der Waals surface area contributed by atoms with Gasteiger partial charge >= 0.3 is 0 Å². The third-order valence-electron chi connectivity index (χ3n) is 0.694. The summed E-state index contributed by atoms with van der Waals surface area (Å²) in [6.45, 7) is 2.72. The fourth-order valence-electron chi connectivity index (χ4n) is 0.347. The van der Waals surface area contributed by atoms with Gasteiger partial charge in [-0.2, -0.15) is 0 Å². The minimum absolute atomic E-state index is 0.286. The summed E-state index contributed by atoms with van der Waals surface area (Å²) in [5.41, 5.74) is 0. The van der Waals surface area contributed by atoms with E-state index in [4.69, 9.17) is 16.3 Å². The normalized spacial score (nSPS) is 10.8. The Labute approximate surface area is 55.3 Å². The number of alkyl halides is 1. The SMILES string of the molecule is CC/C=C\COCCl. The molecule has 0 aliphatic heterocycles. The summed E-state index contributed by atoms with van der Waals surface area (Å²) < 4.78 is 4.81. The summed E-state index contributed by atoms with van der Waals surface area (Å²) in [7, 11) is 0. The van der Waals surface area contributed by atoms with Crippen LogP contribution in [-0.4, -0.2) is 12.7 Å². The van der Waals surface area contributed by atoms with Crippen LogP contribution in [0, 0.1) is 0 Å². The predicted molar refractivity (Wildman–Crippen MR) is 36.1 cm³/mol. The molecule has 0 saturated heterocycles. The summed E-state index contributed by atoms with van der Waals surface area (Å²) in [4.78, 5) is 0. The molecule has 2 heteroatoms. The monoisotopic (exact) mass is 134 g/mol. The van der Waals surface area contributed by atoms with Crippen molar-refractivity contribution in [2.24, 2.45) is 0 Å². The van der Waals surface area contributed by atoms with E-state index in [1.807, 2.05) is 12.2 Å². The van der Waals surface area contributed by atoms with Gasteiger partial charge in [0.15, 0.2) is 0 Å². The molecule has 0 aliphatic rings. The molecule has 0 radical (unpaired) electrons. The van der Waals surface area contributed by atoms with E-state index in [-0.39, 0.29) is 6.07 Å². The molecular formula is C6H11ClO. The first-order chi connectivity index (χ1) is 3.91. The fourth-order valence-corrected chi connectivity index (χ4v) is 0.436. The molecule has 0 saturated carbocycles. The van der Waals surface area contributed by atoms with Crippen molar-refractivity contribution in [1.82, 2.24) is 0 Å². The van der Waals surface area contributed by atoms with Crippen LogP contribution in [0.4, 0.5) is 0 Å². The van der Waals surface area contributed by atoms with Gasteiger partial charge in [0.2, 0.25) is 0 Å². The number of hydrogen-bond donors (Lipinski definition) is 0. The van der Waals surface area contributed by atoms with Gasteiger partial charge in [-0.3, -0.25) is 0 Å². The van der Waals surface area contributed by atoms with Crippen molar-refractivity contribution in [3.05, 3.63) is 12.2 Å². The molecule has 8 heavy (non-hydrogen) atoms. The summed E-state index contributed by atoms with van der Waals surface area (Å²) in [6.07, 6.45) is 5.07. The van der Waals surface area contributed by atoms with Crippen LogP contribution in [0.3, 0.4) is 0 Å². The molecule has 0 amide bonds. The van der Waals surface area contributed by atoms with Crippen molar-refractivity contribution in [2.75, 3.05) is 12.7 Å². The van der Waals surface area contributed by atoms with Gasteiger partial charge in [0.1, 0.15) is 6.07 Å².